The third kappa shape index (κ3) is 3.61. The van der Waals surface area contributed by atoms with E-state index in [0.717, 1.165) is 44.9 Å². The lowest BCUT2D eigenvalue weighted by molar-refractivity contribution is -0.246. The second-order valence-corrected chi connectivity index (χ2v) is 14.5. The fourth-order valence-electron chi connectivity index (χ4n) is 10.3. The van der Waals surface area contributed by atoms with Crippen LogP contribution in [0.3, 0.4) is 0 Å². The predicted molar refractivity (Wildman–Crippen MR) is 136 cm³/mol. The van der Waals surface area contributed by atoms with E-state index in [9.17, 15) is 15.3 Å². The van der Waals surface area contributed by atoms with Crippen LogP contribution in [0, 0.1) is 45.3 Å². The van der Waals surface area contributed by atoms with Crippen molar-refractivity contribution >= 4 is 0 Å². The van der Waals surface area contributed by atoms with Crippen molar-refractivity contribution in [1.82, 2.24) is 0 Å². The molecule has 33 heavy (non-hydrogen) atoms. The Morgan fingerprint density at radius 3 is 2.18 bits per heavy atom. The number of fused-ring (bicyclic) bond motifs is 5. The summed E-state index contributed by atoms with van der Waals surface area (Å²) in [5.74, 6) is 1.31. The minimum Gasteiger partial charge on any atom is -0.393 e. The van der Waals surface area contributed by atoms with Crippen molar-refractivity contribution in [2.24, 2.45) is 45.3 Å². The molecule has 0 aromatic rings. The Balaban J connectivity index is 1.66. The average Bonchev–Trinajstić information content (AvgIpc) is 3.08. The van der Waals surface area contributed by atoms with Crippen molar-refractivity contribution in [2.75, 3.05) is 0 Å². The molecule has 4 fully saturated rings. The first kappa shape index (κ1) is 25.7. The number of allylic oxidation sites excluding steroid dienone is 2. The standard InChI is InChI=1S/C30H52O3/c1-19(2)10-9-14-30(8,33)20-11-16-29(7)25(20)21(31)18-23-27(5)15-13-24(32)26(3,4)22(27)12-17-28(23,29)6/h10,20-25,31-33H,9,11-18H2,1-8H3/t20-,21+,22-,23+,24-,25-,27-,28+,29-,30-/m0/s1. The van der Waals surface area contributed by atoms with E-state index in [1.165, 1.54) is 18.4 Å². The summed E-state index contributed by atoms with van der Waals surface area (Å²) in [4.78, 5) is 0. The zero-order valence-corrected chi connectivity index (χ0v) is 22.7. The smallest absolute Gasteiger partial charge is 0.0654 e. The number of rotatable bonds is 4. The number of aliphatic hydroxyl groups is 3. The number of aliphatic hydroxyl groups excluding tert-OH is 2. The van der Waals surface area contributed by atoms with Gasteiger partial charge in [-0.05, 0) is 124 Å². The summed E-state index contributed by atoms with van der Waals surface area (Å²) < 4.78 is 0. The predicted octanol–water partition coefficient (Wildman–Crippen LogP) is 6.50. The molecule has 0 aromatic carbocycles. The van der Waals surface area contributed by atoms with Crippen molar-refractivity contribution in [3.63, 3.8) is 0 Å². The van der Waals surface area contributed by atoms with E-state index >= 15 is 0 Å². The van der Waals surface area contributed by atoms with Gasteiger partial charge in [-0.2, -0.15) is 0 Å². The molecule has 0 aromatic heterocycles. The van der Waals surface area contributed by atoms with Crippen LogP contribution in [0.15, 0.2) is 11.6 Å². The minimum absolute atomic E-state index is 0.0503. The molecule has 3 N–H and O–H groups in total. The largest absolute Gasteiger partial charge is 0.393 e. The van der Waals surface area contributed by atoms with Crippen LogP contribution in [0.1, 0.15) is 113 Å². The molecular weight excluding hydrogens is 408 g/mol. The van der Waals surface area contributed by atoms with Crippen LogP contribution in [-0.2, 0) is 0 Å². The van der Waals surface area contributed by atoms with Gasteiger partial charge in [0, 0.05) is 0 Å². The highest BCUT2D eigenvalue weighted by Gasteiger charge is 2.71. The third-order valence-electron chi connectivity index (χ3n) is 12.4. The molecule has 0 bridgehead atoms. The van der Waals surface area contributed by atoms with Gasteiger partial charge in [-0.1, -0.05) is 46.3 Å². The number of hydrogen-bond donors (Lipinski definition) is 3. The molecule has 4 saturated carbocycles. The van der Waals surface area contributed by atoms with Crippen LogP contribution in [-0.4, -0.2) is 33.1 Å². The van der Waals surface area contributed by atoms with Crippen LogP contribution >= 0.6 is 0 Å². The monoisotopic (exact) mass is 460 g/mol. The van der Waals surface area contributed by atoms with E-state index in [1.807, 2.05) is 6.92 Å². The second kappa shape index (κ2) is 8.07. The quantitative estimate of drug-likeness (QED) is 0.420. The highest BCUT2D eigenvalue weighted by atomic mass is 16.3. The first-order valence-corrected chi connectivity index (χ1v) is 13.8. The summed E-state index contributed by atoms with van der Waals surface area (Å²) in [7, 11) is 0. The van der Waals surface area contributed by atoms with Gasteiger partial charge < -0.3 is 15.3 Å². The van der Waals surface area contributed by atoms with Gasteiger partial charge in [0.25, 0.3) is 0 Å². The van der Waals surface area contributed by atoms with Crippen molar-refractivity contribution in [1.29, 1.82) is 0 Å². The molecule has 3 nitrogen and oxygen atoms in total. The molecule has 0 saturated heterocycles. The van der Waals surface area contributed by atoms with Gasteiger partial charge in [0.05, 0.1) is 17.8 Å². The van der Waals surface area contributed by atoms with Gasteiger partial charge in [0.2, 0.25) is 0 Å². The van der Waals surface area contributed by atoms with E-state index in [1.54, 1.807) is 0 Å². The van der Waals surface area contributed by atoms with Crippen LogP contribution in [0.25, 0.3) is 0 Å². The van der Waals surface area contributed by atoms with E-state index in [4.69, 9.17) is 0 Å². The number of hydrogen-bond acceptors (Lipinski definition) is 3. The SMILES string of the molecule is CC(C)=CCC[C@](C)(O)[C@H]1CC[C@@]2(C)[C@@H]1[C@H](O)C[C@@H]1[C@@]3(C)CC[C@H](O)C(C)(C)[C@@H]3CC[C@]12C. The Labute approximate surface area is 203 Å². The fourth-order valence-corrected chi connectivity index (χ4v) is 10.3. The molecule has 0 unspecified atom stereocenters. The maximum absolute atomic E-state index is 11.8. The maximum atomic E-state index is 11.8. The highest BCUT2D eigenvalue weighted by Crippen LogP contribution is 2.75. The summed E-state index contributed by atoms with van der Waals surface area (Å²) in [5.41, 5.74) is 0.885. The van der Waals surface area contributed by atoms with Crippen molar-refractivity contribution in [3.05, 3.63) is 11.6 Å². The molecule has 3 heteroatoms. The molecule has 4 aliphatic rings. The Kier molecular flexibility index (Phi) is 6.28. The summed E-state index contributed by atoms with van der Waals surface area (Å²) in [5, 5.41) is 34.3. The molecule has 0 spiro atoms. The lowest BCUT2D eigenvalue weighted by Crippen LogP contribution is -2.66. The molecule has 190 valence electrons. The van der Waals surface area contributed by atoms with E-state index in [0.29, 0.717) is 11.8 Å². The Hall–Kier alpha value is -0.380. The average molecular weight is 461 g/mol. The molecule has 0 aliphatic heterocycles. The summed E-state index contributed by atoms with van der Waals surface area (Å²) in [6, 6.07) is 0. The van der Waals surface area contributed by atoms with Crippen LogP contribution < -0.4 is 0 Å². The summed E-state index contributed by atoms with van der Waals surface area (Å²) >= 11 is 0. The Bertz CT molecular complexity index is 779. The second-order valence-electron chi connectivity index (χ2n) is 14.5. The normalized spacial score (nSPS) is 50.5. The van der Waals surface area contributed by atoms with Gasteiger partial charge in [0.1, 0.15) is 0 Å². The maximum Gasteiger partial charge on any atom is 0.0654 e. The molecule has 0 amide bonds. The van der Waals surface area contributed by atoms with Crippen LogP contribution in [0.4, 0.5) is 0 Å². The minimum atomic E-state index is -0.739. The van der Waals surface area contributed by atoms with Gasteiger partial charge in [0.15, 0.2) is 0 Å². The van der Waals surface area contributed by atoms with E-state index in [-0.39, 0.29) is 45.7 Å². The fraction of sp³-hybridized carbons (Fsp3) is 0.933. The zero-order chi connectivity index (χ0) is 24.6. The van der Waals surface area contributed by atoms with Crippen LogP contribution in [0.5, 0.6) is 0 Å². The molecule has 0 radical (unpaired) electrons. The highest BCUT2D eigenvalue weighted by molar-refractivity contribution is 5.20. The first-order chi connectivity index (χ1) is 15.1. The van der Waals surface area contributed by atoms with E-state index in [2.05, 4.69) is 54.5 Å². The Morgan fingerprint density at radius 2 is 1.55 bits per heavy atom. The van der Waals surface area contributed by atoms with Crippen molar-refractivity contribution in [3.8, 4) is 0 Å². The lowest BCUT2D eigenvalue weighted by atomic mass is 9.35. The molecule has 4 aliphatic carbocycles. The van der Waals surface area contributed by atoms with Gasteiger partial charge >= 0.3 is 0 Å². The topological polar surface area (TPSA) is 60.7 Å². The lowest BCUT2D eigenvalue weighted by Gasteiger charge is -2.70. The summed E-state index contributed by atoms with van der Waals surface area (Å²) in [6.45, 7) is 18.3. The zero-order valence-electron chi connectivity index (χ0n) is 22.7. The third-order valence-corrected chi connectivity index (χ3v) is 12.4. The van der Waals surface area contributed by atoms with Gasteiger partial charge in [-0.25, -0.2) is 0 Å². The van der Waals surface area contributed by atoms with Crippen molar-refractivity contribution in [2.45, 2.75) is 131 Å². The Morgan fingerprint density at radius 1 is 0.909 bits per heavy atom. The molecule has 0 heterocycles. The van der Waals surface area contributed by atoms with Crippen LogP contribution in [0.2, 0.25) is 0 Å². The van der Waals surface area contributed by atoms with Gasteiger partial charge in [-0.3, -0.25) is 0 Å². The van der Waals surface area contributed by atoms with Crippen molar-refractivity contribution < 1.29 is 15.3 Å². The summed E-state index contributed by atoms with van der Waals surface area (Å²) in [6.07, 6.45) is 10.6. The molecule has 10 atom stereocenters. The van der Waals surface area contributed by atoms with Gasteiger partial charge in [-0.15, -0.1) is 0 Å². The van der Waals surface area contributed by atoms with E-state index < -0.39 is 5.60 Å². The molecular formula is C30H52O3. The molecule has 4 rings (SSSR count). The first-order valence-electron chi connectivity index (χ1n) is 13.8.